The Balaban J connectivity index is 2.75. The van der Waals surface area contributed by atoms with Crippen molar-refractivity contribution in [1.29, 1.82) is 0 Å². The van der Waals surface area contributed by atoms with Gasteiger partial charge in [0.05, 0.1) is 6.61 Å². The van der Waals surface area contributed by atoms with E-state index in [2.05, 4.69) is 29.1 Å². The maximum absolute atomic E-state index is 5.43. The van der Waals surface area contributed by atoms with E-state index in [1.54, 1.807) is 7.11 Å². The lowest BCUT2D eigenvalue weighted by Gasteiger charge is -2.14. The molecule has 0 amide bonds. The second-order valence-corrected chi connectivity index (χ2v) is 4.85. The molecule has 0 aromatic carbocycles. The van der Waals surface area contributed by atoms with E-state index >= 15 is 0 Å². The van der Waals surface area contributed by atoms with Crippen LogP contribution in [0.2, 0.25) is 0 Å². The molecule has 21 heavy (non-hydrogen) atoms. The van der Waals surface area contributed by atoms with E-state index in [1.165, 1.54) is 5.56 Å². The predicted octanol–water partition coefficient (Wildman–Crippen LogP) is 1.92. The smallest absolute Gasteiger partial charge is 0.154 e. The van der Waals surface area contributed by atoms with E-state index in [4.69, 9.17) is 9.47 Å². The fraction of sp³-hybridized carbons (Fsp3) is 0.750. The molecule has 0 aliphatic heterocycles. The van der Waals surface area contributed by atoms with Crippen molar-refractivity contribution >= 4 is 0 Å². The molecular weight excluding hydrogens is 266 g/mol. The third-order valence-electron chi connectivity index (χ3n) is 3.36. The average molecular weight is 295 g/mol. The van der Waals surface area contributed by atoms with Crippen LogP contribution in [0.5, 0.6) is 0 Å². The van der Waals surface area contributed by atoms with Crippen molar-refractivity contribution in [3.63, 3.8) is 0 Å². The summed E-state index contributed by atoms with van der Waals surface area (Å²) in [5.74, 6) is 0.807. The molecule has 0 aliphatic carbocycles. The molecule has 0 unspecified atom stereocenters. The van der Waals surface area contributed by atoms with Gasteiger partial charge >= 0.3 is 0 Å². The highest BCUT2D eigenvalue weighted by molar-refractivity contribution is 5.27. The van der Waals surface area contributed by atoms with Crippen LogP contribution in [-0.4, -0.2) is 43.4 Å². The summed E-state index contributed by atoms with van der Waals surface area (Å²) in [4.78, 5) is 9.33. The Morgan fingerprint density at radius 1 is 1.00 bits per heavy atom. The fourth-order valence-electron chi connectivity index (χ4n) is 2.28. The van der Waals surface area contributed by atoms with Crippen LogP contribution in [0.4, 0.5) is 0 Å². The van der Waals surface area contributed by atoms with Crippen LogP contribution < -0.4 is 5.32 Å². The fourth-order valence-corrected chi connectivity index (χ4v) is 2.28. The van der Waals surface area contributed by atoms with Gasteiger partial charge in [-0.25, -0.2) is 9.97 Å². The van der Waals surface area contributed by atoms with Crippen LogP contribution in [0.3, 0.4) is 0 Å². The molecule has 0 atom stereocenters. The number of methoxy groups -OCH3 is 1. The van der Waals surface area contributed by atoms with E-state index < -0.39 is 0 Å². The number of aryl methyl sites for hydroxylation is 2. The van der Waals surface area contributed by atoms with Gasteiger partial charge < -0.3 is 14.8 Å². The topological polar surface area (TPSA) is 56.3 Å². The van der Waals surface area contributed by atoms with Gasteiger partial charge in [-0.3, -0.25) is 0 Å². The molecule has 0 fully saturated rings. The monoisotopic (exact) mass is 295 g/mol. The number of nitrogens with one attached hydrogen (secondary N) is 1. The van der Waals surface area contributed by atoms with Gasteiger partial charge in [-0.05, 0) is 38.3 Å². The largest absolute Gasteiger partial charge is 0.383 e. The average Bonchev–Trinajstić information content (AvgIpc) is 2.52. The van der Waals surface area contributed by atoms with Crippen molar-refractivity contribution in [3.05, 3.63) is 22.8 Å². The van der Waals surface area contributed by atoms with Crippen molar-refractivity contribution in [1.82, 2.24) is 15.3 Å². The first-order chi connectivity index (χ1) is 10.3. The zero-order valence-corrected chi connectivity index (χ0v) is 13.9. The molecule has 0 bridgehead atoms. The molecule has 1 aromatic heterocycles. The molecule has 0 radical (unpaired) electrons. The number of aromatic nitrogens is 2. The first kappa shape index (κ1) is 18.0. The zero-order chi connectivity index (χ0) is 15.5. The van der Waals surface area contributed by atoms with E-state index in [9.17, 15) is 0 Å². The molecule has 0 aliphatic rings. The summed E-state index contributed by atoms with van der Waals surface area (Å²) in [6.45, 7) is 10.0. The van der Waals surface area contributed by atoms with Crippen molar-refractivity contribution in [2.24, 2.45) is 0 Å². The van der Waals surface area contributed by atoms with Crippen LogP contribution in [0.15, 0.2) is 0 Å². The maximum atomic E-state index is 5.43. The second kappa shape index (κ2) is 10.7. The van der Waals surface area contributed by atoms with E-state index in [-0.39, 0.29) is 0 Å². The number of ether oxygens (including phenoxy) is 2. The Hall–Kier alpha value is -1.04. The first-order valence-electron chi connectivity index (χ1n) is 7.91. The van der Waals surface area contributed by atoms with E-state index in [0.717, 1.165) is 56.2 Å². The highest BCUT2D eigenvalue weighted by Gasteiger charge is 2.12. The molecule has 5 nitrogen and oxygen atoms in total. The summed E-state index contributed by atoms with van der Waals surface area (Å²) in [5.41, 5.74) is 3.61. The van der Waals surface area contributed by atoms with Crippen molar-refractivity contribution in [2.45, 2.75) is 46.6 Å². The van der Waals surface area contributed by atoms with Crippen molar-refractivity contribution < 1.29 is 9.47 Å². The summed E-state index contributed by atoms with van der Waals surface area (Å²) < 4.78 is 10.5. The highest BCUT2D eigenvalue weighted by Crippen LogP contribution is 2.14. The summed E-state index contributed by atoms with van der Waals surface area (Å²) in [7, 11) is 1.72. The Labute approximate surface area is 128 Å². The van der Waals surface area contributed by atoms with Gasteiger partial charge in [0.1, 0.15) is 6.61 Å². The maximum Gasteiger partial charge on any atom is 0.154 e. The van der Waals surface area contributed by atoms with Crippen LogP contribution >= 0.6 is 0 Å². The van der Waals surface area contributed by atoms with Crippen LogP contribution in [0.25, 0.3) is 0 Å². The Kier molecular flexibility index (Phi) is 9.14. The van der Waals surface area contributed by atoms with E-state index in [1.807, 2.05) is 6.92 Å². The molecule has 0 saturated heterocycles. The molecule has 0 saturated carbocycles. The molecule has 5 heteroatoms. The standard InChI is InChI=1S/C16H29N3O2/c1-5-14-13(8-9-17-10-11-20-4)15(6-2)19-16(18-14)12-21-7-3/h17H,5-12H2,1-4H3. The predicted molar refractivity (Wildman–Crippen MR) is 84.6 cm³/mol. The highest BCUT2D eigenvalue weighted by atomic mass is 16.5. The van der Waals surface area contributed by atoms with Crippen LogP contribution in [0, 0.1) is 0 Å². The number of hydrogen-bond acceptors (Lipinski definition) is 5. The third-order valence-corrected chi connectivity index (χ3v) is 3.36. The van der Waals surface area contributed by atoms with Crippen molar-refractivity contribution in [2.75, 3.05) is 33.4 Å². The van der Waals surface area contributed by atoms with Gasteiger partial charge in [0.15, 0.2) is 5.82 Å². The number of nitrogens with zero attached hydrogens (tertiary/aromatic N) is 2. The summed E-state index contributed by atoms with van der Waals surface area (Å²) >= 11 is 0. The lowest BCUT2D eigenvalue weighted by molar-refractivity contribution is 0.128. The van der Waals surface area contributed by atoms with Crippen LogP contribution in [0.1, 0.15) is 43.5 Å². The Morgan fingerprint density at radius 3 is 2.19 bits per heavy atom. The minimum atomic E-state index is 0.503. The Morgan fingerprint density at radius 2 is 1.67 bits per heavy atom. The number of rotatable bonds is 11. The van der Waals surface area contributed by atoms with E-state index in [0.29, 0.717) is 13.2 Å². The molecule has 1 N–H and O–H groups in total. The summed E-state index contributed by atoms with van der Waals surface area (Å²) in [5, 5.41) is 3.38. The molecule has 0 spiro atoms. The van der Waals surface area contributed by atoms with Gasteiger partial charge in [0.2, 0.25) is 0 Å². The molecule has 1 heterocycles. The normalized spacial score (nSPS) is 11.0. The SMILES string of the molecule is CCOCc1nc(CC)c(CCNCCOC)c(CC)n1. The Bertz CT molecular complexity index is 386. The second-order valence-electron chi connectivity index (χ2n) is 4.85. The molecular formula is C16H29N3O2. The lowest BCUT2D eigenvalue weighted by Crippen LogP contribution is -2.23. The summed E-state index contributed by atoms with van der Waals surface area (Å²) in [6.07, 6.45) is 2.83. The zero-order valence-electron chi connectivity index (χ0n) is 13.9. The quantitative estimate of drug-likeness (QED) is 0.632. The van der Waals surface area contributed by atoms with Crippen LogP contribution in [-0.2, 0) is 35.3 Å². The van der Waals surface area contributed by atoms with Gasteiger partial charge in [-0.1, -0.05) is 13.8 Å². The molecule has 120 valence electrons. The first-order valence-corrected chi connectivity index (χ1v) is 7.91. The van der Waals surface area contributed by atoms with Gasteiger partial charge in [-0.15, -0.1) is 0 Å². The number of hydrogen-bond donors (Lipinski definition) is 1. The van der Waals surface area contributed by atoms with Gasteiger partial charge in [0.25, 0.3) is 0 Å². The van der Waals surface area contributed by atoms with Crippen molar-refractivity contribution in [3.8, 4) is 0 Å². The molecule has 1 rings (SSSR count). The lowest BCUT2D eigenvalue weighted by atomic mass is 10.0. The van der Waals surface area contributed by atoms with Gasteiger partial charge in [0, 0.05) is 31.6 Å². The summed E-state index contributed by atoms with van der Waals surface area (Å²) in [6, 6.07) is 0. The van der Waals surface area contributed by atoms with Gasteiger partial charge in [-0.2, -0.15) is 0 Å². The third kappa shape index (κ3) is 6.08. The minimum Gasteiger partial charge on any atom is -0.383 e. The molecule has 1 aromatic rings. The minimum absolute atomic E-state index is 0.503.